The van der Waals surface area contributed by atoms with Crippen molar-refractivity contribution < 1.29 is 14.3 Å². The standard InChI is InChI=1S/C7H15NO3/c1-4-8(5-6-10-2)7(9)11-3/h4-6H2,1-3H3. The summed E-state index contributed by atoms with van der Waals surface area (Å²) in [6.45, 7) is 3.67. The predicted molar refractivity (Wildman–Crippen MR) is 41.5 cm³/mol. The maximum Gasteiger partial charge on any atom is 0.409 e. The molecule has 0 aliphatic rings. The highest BCUT2D eigenvalue weighted by atomic mass is 16.5. The molecule has 0 rings (SSSR count). The summed E-state index contributed by atoms with van der Waals surface area (Å²) in [4.78, 5) is 12.5. The maximum atomic E-state index is 10.9. The van der Waals surface area contributed by atoms with Gasteiger partial charge in [0.1, 0.15) is 0 Å². The first kappa shape index (κ1) is 10.2. The first-order chi connectivity index (χ1) is 5.26. The SMILES string of the molecule is CCN(CCOC)C(=O)OC. The number of hydrogen-bond donors (Lipinski definition) is 0. The molecule has 0 aliphatic heterocycles. The molecular weight excluding hydrogens is 146 g/mol. The third-order valence-electron chi connectivity index (χ3n) is 1.38. The normalized spacial score (nSPS) is 9.36. The third-order valence-corrected chi connectivity index (χ3v) is 1.38. The molecule has 0 aromatic rings. The monoisotopic (exact) mass is 161 g/mol. The van der Waals surface area contributed by atoms with Crippen LogP contribution >= 0.6 is 0 Å². The molecule has 0 aliphatic carbocycles. The number of hydrogen-bond acceptors (Lipinski definition) is 3. The van der Waals surface area contributed by atoms with Gasteiger partial charge >= 0.3 is 6.09 Å². The molecular formula is C7H15NO3. The number of ether oxygens (including phenoxy) is 2. The number of nitrogens with zero attached hydrogens (tertiary/aromatic N) is 1. The molecule has 0 unspecified atom stereocenters. The van der Waals surface area contributed by atoms with Gasteiger partial charge in [-0.3, -0.25) is 0 Å². The summed E-state index contributed by atoms with van der Waals surface area (Å²) in [5.74, 6) is 0. The fourth-order valence-electron chi connectivity index (χ4n) is 0.709. The maximum absolute atomic E-state index is 10.9. The van der Waals surface area contributed by atoms with E-state index in [2.05, 4.69) is 4.74 Å². The molecule has 0 aromatic carbocycles. The second kappa shape index (κ2) is 5.97. The number of carbonyl (C=O) groups excluding carboxylic acids is 1. The van der Waals surface area contributed by atoms with Crippen LogP contribution in [-0.4, -0.2) is 44.9 Å². The highest BCUT2D eigenvalue weighted by molar-refractivity contribution is 5.67. The molecule has 0 N–H and O–H groups in total. The van der Waals surface area contributed by atoms with Crippen molar-refractivity contribution in [2.75, 3.05) is 33.9 Å². The van der Waals surface area contributed by atoms with Gasteiger partial charge in [-0.2, -0.15) is 0 Å². The lowest BCUT2D eigenvalue weighted by molar-refractivity contribution is 0.106. The molecule has 66 valence electrons. The number of methoxy groups -OCH3 is 2. The summed E-state index contributed by atoms with van der Waals surface area (Å²) in [6, 6.07) is 0. The molecule has 0 saturated carbocycles. The molecule has 0 saturated heterocycles. The minimum absolute atomic E-state index is 0.301. The number of amides is 1. The lowest BCUT2D eigenvalue weighted by atomic mass is 10.5. The summed E-state index contributed by atoms with van der Waals surface area (Å²) in [6.07, 6.45) is -0.301. The van der Waals surface area contributed by atoms with Crippen molar-refractivity contribution in [2.24, 2.45) is 0 Å². The number of carbonyl (C=O) groups is 1. The van der Waals surface area contributed by atoms with Gasteiger partial charge in [0.2, 0.25) is 0 Å². The van der Waals surface area contributed by atoms with E-state index in [1.54, 1.807) is 12.0 Å². The zero-order valence-corrected chi connectivity index (χ0v) is 7.29. The lowest BCUT2D eigenvalue weighted by Gasteiger charge is -2.17. The molecule has 0 bridgehead atoms. The molecule has 0 aromatic heterocycles. The zero-order valence-electron chi connectivity index (χ0n) is 7.29. The minimum Gasteiger partial charge on any atom is -0.453 e. The Hall–Kier alpha value is -0.770. The summed E-state index contributed by atoms with van der Waals surface area (Å²) in [7, 11) is 2.98. The molecule has 11 heavy (non-hydrogen) atoms. The summed E-state index contributed by atoms with van der Waals surface area (Å²) < 4.78 is 9.35. The Labute approximate surface area is 67.1 Å². The quantitative estimate of drug-likeness (QED) is 0.610. The van der Waals surface area contributed by atoms with Crippen molar-refractivity contribution in [3.05, 3.63) is 0 Å². The van der Waals surface area contributed by atoms with Gasteiger partial charge in [0, 0.05) is 20.2 Å². The minimum atomic E-state index is -0.301. The van der Waals surface area contributed by atoms with Crippen molar-refractivity contribution in [3.63, 3.8) is 0 Å². The predicted octanol–water partition coefficient (Wildman–Crippen LogP) is 0.721. The van der Waals surface area contributed by atoms with Crippen molar-refractivity contribution in [3.8, 4) is 0 Å². The molecule has 0 fully saturated rings. The van der Waals surface area contributed by atoms with Gasteiger partial charge in [-0.05, 0) is 6.92 Å². The van der Waals surface area contributed by atoms with Crippen LogP contribution in [0.15, 0.2) is 0 Å². The van der Waals surface area contributed by atoms with E-state index in [4.69, 9.17) is 4.74 Å². The molecule has 0 spiro atoms. The molecule has 0 atom stereocenters. The first-order valence-electron chi connectivity index (χ1n) is 3.58. The van der Waals surface area contributed by atoms with Crippen LogP contribution < -0.4 is 0 Å². The molecule has 4 nitrogen and oxygen atoms in total. The Kier molecular flexibility index (Phi) is 5.56. The zero-order chi connectivity index (χ0) is 8.69. The van der Waals surface area contributed by atoms with E-state index in [0.29, 0.717) is 19.7 Å². The molecule has 4 heteroatoms. The van der Waals surface area contributed by atoms with Crippen molar-refractivity contribution in [1.29, 1.82) is 0 Å². The van der Waals surface area contributed by atoms with Gasteiger partial charge in [-0.1, -0.05) is 0 Å². The van der Waals surface area contributed by atoms with Crippen LogP contribution in [0.5, 0.6) is 0 Å². The number of likely N-dealkylation sites (N-methyl/N-ethyl adjacent to an activating group) is 1. The Morgan fingerprint density at radius 1 is 1.45 bits per heavy atom. The van der Waals surface area contributed by atoms with E-state index < -0.39 is 0 Å². The van der Waals surface area contributed by atoms with Crippen molar-refractivity contribution in [2.45, 2.75) is 6.92 Å². The molecule has 1 amide bonds. The Bertz CT molecular complexity index is 116. The van der Waals surface area contributed by atoms with E-state index in [-0.39, 0.29) is 6.09 Å². The highest BCUT2D eigenvalue weighted by Crippen LogP contribution is 1.91. The third kappa shape index (κ3) is 3.83. The van der Waals surface area contributed by atoms with Crippen LogP contribution in [0.3, 0.4) is 0 Å². The van der Waals surface area contributed by atoms with E-state index in [1.807, 2.05) is 6.92 Å². The van der Waals surface area contributed by atoms with Crippen LogP contribution in [0.2, 0.25) is 0 Å². The fraction of sp³-hybridized carbons (Fsp3) is 0.857. The van der Waals surface area contributed by atoms with Crippen molar-refractivity contribution in [1.82, 2.24) is 4.90 Å². The van der Waals surface area contributed by atoms with Crippen LogP contribution in [0.25, 0.3) is 0 Å². The van der Waals surface area contributed by atoms with E-state index in [0.717, 1.165) is 0 Å². The van der Waals surface area contributed by atoms with Gasteiger partial charge < -0.3 is 14.4 Å². The average molecular weight is 161 g/mol. The van der Waals surface area contributed by atoms with Gasteiger partial charge in [0.15, 0.2) is 0 Å². The van der Waals surface area contributed by atoms with Crippen LogP contribution in [-0.2, 0) is 9.47 Å². The smallest absolute Gasteiger partial charge is 0.409 e. The van der Waals surface area contributed by atoms with Crippen LogP contribution in [0, 0.1) is 0 Å². The second-order valence-electron chi connectivity index (χ2n) is 2.04. The van der Waals surface area contributed by atoms with Crippen LogP contribution in [0.1, 0.15) is 6.92 Å². The lowest BCUT2D eigenvalue weighted by Crippen LogP contribution is -2.33. The second-order valence-corrected chi connectivity index (χ2v) is 2.04. The Morgan fingerprint density at radius 3 is 2.45 bits per heavy atom. The molecule has 0 heterocycles. The fourth-order valence-corrected chi connectivity index (χ4v) is 0.709. The van der Waals surface area contributed by atoms with E-state index >= 15 is 0 Å². The highest BCUT2D eigenvalue weighted by Gasteiger charge is 2.09. The molecule has 0 radical (unpaired) electrons. The average Bonchev–Trinajstić information content (AvgIpc) is 2.05. The Balaban J connectivity index is 3.65. The van der Waals surface area contributed by atoms with E-state index in [1.165, 1.54) is 7.11 Å². The largest absolute Gasteiger partial charge is 0.453 e. The van der Waals surface area contributed by atoms with E-state index in [9.17, 15) is 4.79 Å². The summed E-state index contributed by atoms with van der Waals surface area (Å²) in [5.41, 5.74) is 0. The van der Waals surface area contributed by atoms with Gasteiger partial charge in [0.05, 0.1) is 13.7 Å². The Morgan fingerprint density at radius 2 is 2.09 bits per heavy atom. The van der Waals surface area contributed by atoms with Gasteiger partial charge in [-0.15, -0.1) is 0 Å². The summed E-state index contributed by atoms with van der Waals surface area (Å²) in [5, 5.41) is 0. The summed E-state index contributed by atoms with van der Waals surface area (Å²) >= 11 is 0. The van der Waals surface area contributed by atoms with Gasteiger partial charge in [0.25, 0.3) is 0 Å². The van der Waals surface area contributed by atoms with Crippen LogP contribution in [0.4, 0.5) is 4.79 Å². The topological polar surface area (TPSA) is 38.8 Å². The van der Waals surface area contributed by atoms with Gasteiger partial charge in [-0.25, -0.2) is 4.79 Å². The van der Waals surface area contributed by atoms with Crippen molar-refractivity contribution >= 4 is 6.09 Å². The first-order valence-corrected chi connectivity index (χ1v) is 3.58. The number of rotatable bonds is 4.